The van der Waals surface area contributed by atoms with Gasteiger partial charge in [0.1, 0.15) is 0 Å². The summed E-state index contributed by atoms with van der Waals surface area (Å²) in [6.07, 6.45) is 8.91. The molecular weight excluding hydrogens is 222 g/mol. The first-order chi connectivity index (χ1) is 8.88. The van der Waals surface area contributed by atoms with Crippen LogP contribution in [0.3, 0.4) is 0 Å². The SMILES string of the molecule is CCN1CCCC(C/C=C\CN2CCNCC2)C1. The highest BCUT2D eigenvalue weighted by atomic mass is 15.2. The monoisotopic (exact) mass is 251 g/mol. The zero-order valence-electron chi connectivity index (χ0n) is 11.9. The molecule has 2 aliphatic heterocycles. The van der Waals surface area contributed by atoms with Gasteiger partial charge < -0.3 is 10.2 Å². The summed E-state index contributed by atoms with van der Waals surface area (Å²) in [5.74, 6) is 0.901. The Morgan fingerprint density at radius 3 is 2.72 bits per heavy atom. The van der Waals surface area contributed by atoms with Gasteiger partial charge in [-0.1, -0.05) is 19.1 Å². The van der Waals surface area contributed by atoms with E-state index in [4.69, 9.17) is 0 Å². The van der Waals surface area contributed by atoms with Crippen LogP contribution in [-0.4, -0.2) is 62.2 Å². The molecule has 2 fully saturated rings. The lowest BCUT2D eigenvalue weighted by atomic mass is 9.94. The molecule has 0 aromatic carbocycles. The zero-order valence-corrected chi connectivity index (χ0v) is 11.9. The second-order valence-electron chi connectivity index (χ2n) is 5.66. The molecule has 18 heavy (non-hydrogen) atoms. The molecule has 0 aromatic heterocycles. The summed E-state index contributed by atoms with van der Waals surface area (Å²) in [6, 6.07) is 0. The molecule has 0 amide bonds. The Bertz CT molecular complexity index is 246. The van der Waals surface area contributed by atoms with Crippen molar-refractivity contribution in [1.29, 1.82) is 0 Å². The van der Waals surface area contributed by atoms with E-state index >= 15 is 0 Å². The molecule has 0 spiro atoms. The summed E-state index contributed by atoms with van der Waals surface area (Å²) < 4.78 is 0. The lowest BCUT2D eigenvalue weighted by Crippen LogP contribution is -2.43. The first-order valence-electron chi connectivity index (χ1n) is 7.69. The van der Waals surface area contributed by atoms with Crippen LogP contribution in [0.1, 0.15) is 26.2 Å². The lowest BCUT2D eigenvalue weighted by molar-refractivity contribution is 0.183. The van der Waals surface area contributed by atoms with Crippen LogP contribution in [0.2, 0.25) is 0 Å². The van der Waals surface area contributed by atoms with Gasteiger partial charge in [-0.15, -0.1) is 0 Å². The molecule has 104 valence electrons. The topological polar surface area (TPSA) is 18.5 Å². The number of likely N-dealkylation sites (tertiary alicyclic amines) is 1. The summed E-state index contributed by atoms with van der Waals surface area (Å²) in [5.41, 5.74) is 0. The summed E-state index contributed by atoms with van der Waals surface area (Å²) in [7, 11) is 0. The normalized spacial score (nSPS) is 27.9. The minimum Gasteiger partial charge on any atom is -0.314 e. The number of piperidine rings is 1. The molecule has 3 heteroatoms. The van der Waals surface area contributed by atoms with Crippen molar-refractivity contribution < 1.29 is 0 Å². The number of nitrogens with zero attached hydrogens (tertiary/aromatic N) is 2. The van der Waals surface area contributed by atoms with Gasteiger partial charge in [-0.2, -0.15) is 0 Å². The quantitative estimate of drug-likeness (QED) is 0.748. The van der Waals surface area contributed by atoms with Gasteiger partial charge in [0.15, 0.2) is 0 Å². The fourth-order valence-electron chi connectivity index (χ4n) is 3.04. The Balaban J connectivity index is 1.61. The van der Waals surface area contributed by atoms with Crippen molar-refractivity contribution in [3.8, 4) is 0 Å². The van der Waals surface area contributed by atoms with E-state index in [-0.39, 0.29) is 0 Å². The maximum Gasteiger partial charge on any atom is 0.0164 e. The first kappa shape index (κ1) is 14.0. The van der Waals surface area contributed by atoms with Crippen molar-refractivity contribution in [1.82, 2.24) is 15.1 Å². The number of hydrogen-bond donors (Lipinski definition) is 1. The maximum absolute atomic E-state index is 3.40. The highest BCUT2D eigenvalue weighted by molar-refractivity contribution is 4.89. The van der Waals surface area contributed by atoms with Gasteiger partial charge in [0, 0.05) is 39.3 Å². The minimum atomic E-state index is 0.901. The van der Waals surface area contributed by atoms with Gasteiger partial charge >= 0.3 is 0 Å². The van der Waals surface area contributed by atoms with Crippen LogP contribution in [-0.2, 0) is 0 Å². The molecule has 0 bridgehead atoms. The summed E-state index contributed by atoms with van der Waals surface area (Å²) >= 11 is 0. The van der Waals surface area contributed by atoms with Crippen molar-refractivity contribution in [3.63, 3.8) is 0 Å². The van der Waals surface area contributed by atoms with Crippen LogP contribution >= 0.6 is 0 Å². The Kier molecular flexibility index (Phi) is 6.18. The average molecular weight is 251 g/mol. The molecule has 0 radical (unpaired) electrons. The smallest absolute Gasteiger partial charge is 0.0164 e. The first-order valence-corrected chi connectivity index (χ1v) is 7.69. The molecule has 2 aliphatic rings. The largest absolute Gasteiger partial charge is 0.314 e. The molecule has 0 aliphatic carbocycles. The Hall–Kier alpha value is -0.380. The average Bonchev–Trinajstić information content (AvgIpc) is 2.45. The lowest BCUT2D eigenvalue weighted by Gasteiger charge is -2.31. The molecule has 1 atom stereocenters. The fourth-order valence-corrected chi connectivity index (χ4v) is 3.04. The molecule has 0 aromatic rings. The van der Waals surface area contributed by atoms with E-state index in [1.807, 2.05) is 0 Å². The van der Waals surface area contributed by atoms with Crippen LogP contribution in [0, 0.1) is 5.92 Å². The third-order valence-corrected chi connectivity index (χ3v) is 4.26. The van der Waals surface area contributed by atoms with E-state index in [0.29, 0.717) is 0 Å². The van der Waals surface area contributed by atoms with Crippen LogP contribution in [0.5, 0.6) is 0 Å². The Labute approximate surface area is 112 Å². The zero-order chi connectivity index (χ0) is 12.6. The molecule has 1 unspecified atom stereocenters. The van der Waals surface area contributed by atoms with E-state index in [2.05, 4.69) is 34.2 Å². The summed E-state index contributed by atoms with van der Waals surface area (Å²) in [5, 5.41) is 3.40. The molecule has 2 saturated heterocycles. The van der Waals surface area contributed by atoms with Gasteiger partial charge in [-0.05, 0) is 38.3 Å². The Morgan fingerprint density at radius 1 is 1.11 bits per heavy atom. The number of piperazine rings is 1. The second-order valence-corrected chi connectivity index (χ2v) is 5.66. The summed E-state index contributed by atoms with van der Waals surface area (Å²) in [4.78, 5) is 5.13. The number of rotatable bonds is 5. The molecular formula is C15H29N3. The van der Waals surface area contributed by atoms with Crippen molar-refractivity contribution in [3.05, 3.63) is 12.2 Å². The fraction of sp³-hybridized carbons (Fsp3) is 0.867. The van der Waals surface area contributed by atoms with E-state index in [1.165, 1.54) is 52.0 Å². The van der Waals surface area contributed by atoms with Crippen molar-refractivity contribution in [2.75, 3.05) is 52.4 Å². The molecule has 3 nitrogen and oxygen atoms in total. The van der Waals surface area contributed by atoms with E-state index in [0.717, 1.165) is 25.6 Å². The highest BCUT2D eigenvalue weighted by Crippen LogP contribution is 2.19. The number of nitrogens with one attached hydrogen (secondary N) is 1. The molecule has 2 rings (SSSR count). The standard InChI is InChI=1S/C15H29N3/c1-2-17-11-5-7-15(14-17)6-3-4-10-18-12-8-16-9-13-18/h3-4,15-16H,2,5-14H2,1H3/b4-3-. The third kappa shape index (κ3) is 4.71. The van der Waals surface area contributed by atoms with Gasteiger partial charge in [0.2, 0.25) is 0 Å². The van der Waals surface area contributed by atoms with Crippen LogP contribution in [0.15, 0.2) is 12.2 Å². The van der Waals surface area contributed by atoms with E-state index < -0.39 is 0 Å². The third-order valence-electron chi connectivity index (χ3n) is 4.26. The Morgan fingerprint density at radius 2 is 1.94 bits per heavy atom. The van der Waals surface area contributed by atoms with Gasteiger partial charge in [-0.3, -0.25) is 4.90 Å². The number of hydrogen-bond acceptors (Lipinski definition) is 3. The maximum atomic E-state index is 3.40. The number of allylic oxidation sites excluding steroid dienone is 1. The molecule has 1 N–H and O–H groups in total. The van der Waals surface area contributed by atoms with E-state index in [9.17, 15) is 0 Å². The summed E-state index contributed by atoms with van der Waals surface area (Å²) in [6.45, 7) is 12.0. The van der Waals surface area contributed by atoms with Crippen LogP contribution in [0.25, 0.3) is 0 Å². The van der Waals surface area contributed by atoms with Crippen LogP contribution < -0.4 is 5.32 Å². The van der Waals surface area contributed by atoms with Gasteiger partial charge in [0.25, 0.3) is 0 Å². The van der Waals surface area contributed by atoms with Crippen LogP contribution in [0.4, 0.5) is 0 Å². The highest BCUT2D eigenvalue weighted by Gasteiger charge is 2.17. The van der Waals surface area contributed by atoms with E-state index in [1.54, 1.807) is 0 Å². The molecule has 2 heterocycles. The van der Waals surface area contributed by atoms with Gasteiger partial charge in [-0.25, -0.2) is 0 Å². The van der Waals surface area contributed by atoms with Gasteiger partial charge in [0.05, 0.1) is 0 Å². The molecule has 0 saturated carbocycles. The predicted octanol–water partition coefficient (Wildman–Crippen LogP) is 1.57. The van der Waals surface area contributed by atoms with Crippen molar-refractivity contribution in [2.24, 2.45) is 5.92 Å². The van der Waals surface area contributed by atoms with Crippen molar-refractivity contribution >= 4 is 0 Å². The predicted molar refractivity (Wildman–Crippen MR) is 77.9 cm³/mol. The second kappa shape index (κ2) is 7.93. The minimum absolute atomic E-state index is 0.901. The van der Waals surface area contributed by atoms with Crippen molar-refractivity contribution in [2.45, 2.75) is 26.2 Å².